The molecule has 1 N–H and O–H groups in total. The molecule has 0 aliphatic carbocycles. The van der Waals surface area contributed by atoms with E-state index in [1.54, 1.807) is 0 Å². The molecule has 5 aromatic rings. The van der Waals surface area contributed by atoms with Gasteiger partial charge in [0, 0.05) is 23.3 Å². The van der Waals surface area contributed by atoms with Crippen LogP contribution in [-0.4, -0.2) is 25.3 Å². The lowest BCUT2D eigenvalue weighted by Crippen LogP contribution is -2.41. The molecule has 0 spiro atoms. The number of carbonyl (C=O) groups is 1. The molecule has 0 saturated carbocycles. The zero-order chi connectivity index (χ0) is 26.2. The number of carbonyl (C=O) groups excluding carboxylic acids is 1. The molecular formula is C31H28ClN5O. The van der Waals surface area contributed by atoms with Crippen molar-refractivity contribution in [1.82, 2.24) is 24.6 Å². The van der Waals surface area contributed by atoms with Crippen LogP contribution in [0.15, 0.2) is 97.2 Å². The van der Waals surface area contributed by atoms with Crippen LogP contribution in [0.5, 0.6) is 0 Å². The zero-order valence-electron chi connectivity index (χ0n) is 21.3. The minimum atomic E-state index is -0.323. The van der Waals surface area contributed by atoms with Crippen molar-refractivity contribution in [2.24, 2.45) is 0 Å². The monoisotopic (exact) mass is 521 g/mol. The molecule has 6 rings (SSSR count). The molecule has 0 radical (unpaired) electrons. The molecule has 0 fully saturated rings. The minimum absolute atomic E-state index is 0.141. The van der Waals surface area contributed by atoms with Gasteiger partial charge < -0.3 is 14.8 Å². The van der Waals surface area contributed by atoms with Crippen LogP contribution in [0.3, 0.4) is 0 Å². The van der Waals surface area contributed by atoms with Gasteiger partial charge in [0.05, 0.1) is 29.7 Å². The Hall–Kier alpha value is -4.29. The standard InChI is InChI=1S/C31H28ClN5O/c1-21-10-12-23(13-11-21)19-33-31(38)36-20-27-22(2)34-37(26-7-4-3-5-8-26)30(27)35-18-6-9-28(35)29(36)24-14-16-25(32)17-15-24/h3-18,29H,19-20H2,1-2H3,(H,33,38)/t29-/m1/s1. The second-order valence-electron chi connectivity index (χ2n) is 9.66. The number of aryl methyl sites for hydroxylation is 2. The third-order valence-electron chi connectivity index (χ3n) is 7.10. The minimum Gasteiger partial charge on any atom is -0.334 e. The number of rotatable bonds is 4. The van der Waals surface area contributed by atoms with Crippen molar-refractivity contribution in [3.05, 3.63) is 136 Å². The first-order valence-electron chi connectivity index (χ1n) is 12.7. The highest BCUT2D eigenvalue weighted by molar-refractivity contribution is 6.30. The summed E-state index contributed by atoms with van der Waals surface area (Å²) in [6, 6.07) is 29.7. The predicted octanol–water partition coefficient (Wildman–Crippen LogP) is 6.75. The molecule has 0 saturated heterocycles. The van der Waals surface area contributed by atoms with E-state index in [4.69, 9.17) is 16.7 Å². The Labute approximate surface area is 227 Å². The number of benzene rings is 3. The number of nitrogens with one attached hydrogen (secondary N) is 1. The van der Waals surface area contributed by atoms with Gasteiger partial charge in [-0.2, -0.15) is 5.10 Å². The van der Waals surface area contributed by atoms with Gasteiger partial charge in [0.25, 0.3) is 0 Å². The molecule has 0 unspecified atom stereocenters. The number of aromatic nitrogens is 3. The molecule has 1 aliphatic rings. The molecule has 38 heavy (non-hydrogen) atoms. The van der Waals surface area contributed by atoms with Crippen molar-refractivity contribution >= 4 is 17.6 Å². The van der Waals surface area contributed by atoms with E-state index in [9.17, 15) is 4.79 Å². The van der Waals surface area contributed by atoms with E-state index in [-0.39, 0.29) is 12.1 Å². The van der Waals surface area contributed by atoms with E-state index in [2.05, 4.69) is 35.0 Å². The van der Waals surface area contributed by atoms with Gasteiger partial charge in [0.15, 0.2) is 0 Å². The number of halogens is 1. The highest BCUT2D eigenvalue weighted by Gasteiger charge is 2.35. The van der Waals surface area contributed by atoms with Gasteiger partial charge >= 0.3 is 6.03 Å². The molecule has 1 atom stereocenters. The maximum atomic E-state index is 13.9. The van der Waals surface area contributed by atoms with Crippen LogP contribution in [-0.2, 0) is 13.1 Å². The van der Waals surface area contributed by atoms with Gasteiger partial charge in [0.2, 0.25) is 0 Å². The summed E-state index contributed by atoms with van der Waals surface area (Å²) in [7, 11) is 0. The van der Waals surface area contributed by atoms with E-state index >= 15 is 0 Å². The normalized spacial score (nSPS) is 14.5. The number of nitrogens with zero attached hydrogens (tertiary/aromatic N) is 4. The second-order valence-corrected chi connectivity index (χ2v) is 10.1. The molecular weight excluding hydrogens is 494 g/mol. The number of hydrogen-bond acceptors (Lipinski definition) is 2. The van der Waals surface area contributed by atoms with Crippen molar-refractivity contribution in [1.29, 1.82) is 0 Å². The summed E-state index contributed by atoms with van der Waals surface area (Å²) in [6.45, 7) is 4.91. The van der Waals surface area contributed by atoms with E-state index < -0.39 is 0 Å². The third-order valence-corrected chi connectivity index (χ3v) is 7.35. The van der Waals surface area contributed by atoms with Gasteiger partial charge in [0.1, 0.15) is 5.82 Å². The fraction of sp³-hybridized carbons (Fsp3) is 0.161. The van der Waals surface area contributed by atoms with Crippen LogP contribution in [0, 0.1) is 13.8 Å². The first kappa shape index (κ1) is 24.1. The number of para-hydroxylation sites is 1. The van der Waals surface area contributed by atoms with Gasteiger partial charge in [-0.25, -0.2) is 9.48 Å². The van der Waals surface area contributed by atoms with Crippen LogP contribution >= 0.6 is 11.6 Å². The number of urea groups is 1. The Morgan fingerprint density at radius 2 is 1.68 bits per heavy atom. The lowest BCUT2D eigenvalue weighted by atomic mass is 10.0. The highest BCUT2D eigenvalue weighted by Crippen LogP contribution is 2.38. The largest absolute Gasteiger partial charge is 0.334 e. The molecule has 2 aromatic heterocycles. The van der Waals surface area contributed by atoms with Crippen molar-refractivity contribution in [2.75, 3.05) is 0 Å². The topological polar surface area (TPSA) is 55.1 Å². The van der Waals surface area contributed by atoms with Crippen molar-refractivity contribution in [3.63, 3.8) is 0 Å². The van der Waals surface area contributed by atoms with E-state index in [1.807, 2.05) is 95.5 Å². The van der Waals surface area contributed by atoms with E-state index in [1.165, 1.54) is 5.56 Å². The van der Waals surface area contributed by atoms with Crippen molar-refractivity contribution in [2.45, 2.75) is 33.0 Å². The highest BCUT2D eigenvalue weighted by atomic mass is 35.5. The quantitative estimate of drug-likeness (QED) is 0.284. The summed E-state index contributed by atoms with van der Waals surface area (Å²) >= 11 is 6.24. The molecule has 0 bridgehead atoms. The second kappa shape index (κ2) is 9.88. The lowest BCUT2D eigenvalue weighted by molar-refractivity contribution is 0.180. The number of amides is 2. The molecule has 3 heterocycles. The Balaban J connectivity index is 1.47. The summed E-state index contributed by atoms with van der Waals surface area (Å²) in [6.07, 6.45) is 2.05. The van der Waals surface area contributed by atoms with Crippen molar-refractivity contribution < 1.29 is 4.79 Å². The summed E-state index contributed by atoms with van der Waals surface area (Å²) in [5.74, 6) is 0.946. The average molecular weight is 522 g/mol. The fourth-order valence-corrected chi connectivity index (χ4v) is 5.26. The molecule has 6 nitrogen and oxygen atoms in total. The van der Waals surface area contributed by atoms with Crippen LogP contribution < -0.4 is 5.32 Å². The third kappa shape index (κ3) is 4.37. The summed E-state index contributed by atoms with van der Waals surface area (Å²) in [5, 5.41) is 8.73. The molecule has 2 amide bonds. The fourth-order valence-electron chi connectivity index (χ4n) is 5.13. The lowest BCUT2D eigenvalue weighted by Gasteiger charge is -2.31. The summed E-state index contributed by atoms with van der Waals surface area (Å²) < 4.78 is 4.13. The SMILES string of the molecule is Cc1ccc(CNC(=O)N2Cc3c(C)nn(-c4ccccc4)c3-n3cccc3[C@H]2c2ccc(Cl)cc2)cc1. The first-order chi connectivity index (χ1) is 18.5. The number of hydrogen-bond donors (Lipinski definition) is 1. The maximum absolute atomic E-state index is 13.9. The van der Waals surface area contributed by atoms with E-state index in [0.717, 1.165) is 39.6 Å². The van der Waals surface area contributed by atoms with E-state index in [0.29, 0.717) is 18.1 Å². The Morgan fingerprint density at radius 1 is 0.947 bits per heavy atom. The molecule has 7 heteroatoms. The smallest absolute Gasteiger partial charge is 0.318 e. The zero-order valence-corrected chi connectivity index (χ0v) is 22.1. The molecule has 190 valence electrons. The van der Waals surface area contributed by atoms with Crippen LogP contribution in [0.25, 0.3) is 11.5 Å². The Kier molecular flexibility index (Phi) is 6.26. The Bertz CT molecular complexity index is 1590. The van der Waals surface area contributed by atoms with Gasteiger partial charge in [-0.1, -0.05) is 71.8 Å². The summed E-state index contributed by atoms with van der Waals surface area (Å²) in [4.78, 5) is 15.8. The molecule has 1 aliphatic heterocycles. The molecule has 3 aromatic carbocycles. The Morgan fingerprint density at radius 3 is 2.42 bits per heavy atom. The van der Waals surface area contributed by atoms with Crippen LogP contribution in [0.2, 0.25) is 5.02 Å². The average Bonchev–Trinajstić information content (AvgIpc) is 3.50. The van der Waals surface area contributed by atoms with Gasteiger partial charge in [-0.15, -0.1) is 0 Å². The van der Waals surface area contributed by atoms with Gasteiger partial charge in [-0.3, -0.25) is 0 Å². The first-order valence-corrected chi connectivity index (χ1v) is 13.0. The predicted molar refractivity (Wildman–Crippen MR) is 150 cm³/mol. The summed E-state index contributed by atoms with van der Waals surface area (Å²) in [5.41, 5.74) is 7.07. The van der Waals surface area contributed by atoms with Crippen molar-refractivity contribution in [3.8, 4) is 11.5 Å². The van der Waals surface area contributed by atoms with Crippen LogP contribution in [0.4, 0.5) is 4.79 Å². The van der Waals surface area contributed by atoms with Crippen LogP contribution in [0.1, 0.15) is 39.7 Å². The number of fused-ring (bicyclic) bond motifs is 3. The maximum Gasteiger partial charge on any atom is 0.318 e. The van der Waals surface area contributed by atoms with Gasteiger partial charge in [-0.05, 0) is 61.4 Å².